The second-order valence-electron chi connectivity index (χ2n) is 6.06. The van der Waals surface area contributed by atoms with Crippen molar-refractivity contribution in [3.63, 3.8) is 0 Å². The summed E-state index contributed by atoms with van der Waals surface area (Å²) in [6.07, 6.45) is 3.89. The van der Waals surface area contributed by atoms with Crippen molar-refractivity contribution in [3.05, 3.63) is 45.9 Å². The molecule has 4 rings (SSSR count). The van der Waals surface area contributed by atoms with E-state index in [1.54, 1.807) is 0 Å². The maximum absolute atomic E-state index is 4.83. The number of benzene rings is 1. The zero-order chi connectivity index (χ0) is 14.1. The second kappa shape index (κ2) is 5.78. The molecule has 2 aliphatic rings. The van der Waals surface area contributed by atoms with E-state index in [4.69, 9.17) is 4.98 Å². The van der Waals surface area contributed by atoms with Gasteiger partial charge >= 0.3 is 0 Å². The van der Waals surface area contributed by atoms with Crippen molar-refractivity contribution in [2.75, 3.05) is 18.0 Å². The molecule has 1 aliphatic carbocycles. The normalized spacial score (nSPS) is 17.8. The third kappa shape index (κ3) is 3.11. The summed E-state index contributed by atoms with van der Waals surface area (Å²) < 4.78 is 0. The minimum Gasteiger partial charge on any atom is -0.366 e. The number of thiazole rings is 1. The summed E-state index contributed by atoms with van der Waals surface area (Å²) in [5.41, 5.74) is 2.65. The number of aromatic nitrogens is 1. The van der Waals surface area contributed by atoms with Crippen LogP contribution in [0.15, 0.2) is 30.3 Å². The first-order valence-corrected chi connectivity index (χ1v) is 8.68. The SMILES string of the molecule is c1ccc(N2CCc3nc(CNCC4CC4)sc3C2)cc1. The van der Waals surface area contributed by atoms with Crippen LogP contribution in [0.3, 0.4) is 0 Å². The Bertz CT molecular complexity index is 604. The number of nitrogens with zero attached hydrogens (tertiary/aromatic N) is 2. The number of anilines is 1. The van der Waals surface area contributed by atoms with Gasteiger partial charge in [0.15, 0.2) is 0 Å². The van der Waals surface area contributed by atoms with Crippen LogP contribution in [0.25, 0.3) is 0 Å². The first kappa shape index (κ1) is 13.3. The highest BCUT2D eigenvalue weighted by atomic mass is 32.1. The van der Waals surface area contributed by atoms with Crippen LogP contribution in [-0.2, 0) is 19.5 Å². The van der Waals surface area contributed by atoms with Crippen LogP contribution in [0.1, 0.15) is 28.4 Å². The molecular weight excluding hydrogens is 278 g/mol. The van der Waals surface area contributed by atoms with Crippen molar-refractivity contribution >= 4 is 17.0 Å². The van der Waals surface area contributed by atoms with Gasteiger partial charge in [-0.05, 0) is 37.4 Å². The molecule has 0 spiro atoms. The van der Waals surface area contributed by atoms with Gasteiger partial charge in [-0.2, -0.15) is 0 Å². The summed E-state index contributed by atoms with van der Waals surface area (Å²) in [5, 5.41) is 4.81. The van der Waals surface area contributed by atoms with E-state index in [0.717, 1.165) is 32.0 Å². The van der Waals surface area contributed by atoms with Crippen LogP contribution < -0.4 is 10.2 Å². The van der Waals surface area contributed by atoms with Crippen molar-refractivity contribution in [1.29, 1.82) is 0 Å². The topological polar surface area (TPSA) is 28.2 Å². The zero-order valence-corrected chi connectivity index (χ0v) is 13.0. The van der Waals surface area contributed by atoms with E-state index < -0.39 is 0 Å². The molecule has 0 saturated heterocycles. The minimum atomic E-state index is 0.938. The van der Waals surface area contributed by atoms with Crippen molar-refractivity contribution in [2.45, 2.75) is 32.4 Å². The average Bonchev–Trinajstić information content (AvgIpc) is 3.25. The lowest BCUT2D eigenvalue weighted by Crippen LogP contribution is -2.29. The number of fused-ring (bicyclic) bond motifs is 1. The van der Waals surface area contributed by atoms with Gasteiger partial charge in [0.2, 0.25) is 0 Å². The molecule has 1 saturated carbocycles. The molecule has 0 radical (unpaired) electrons. The highest BCUT2D eigenvalue weighted by molar-refractivity contribution is 7.11. The van der Waals surface area contributed by atoms with Gasteiger partial charge in [0.1, 0.15) is 5.01 Å². The molecule has 2 heterocycles. The van der Waals surface area contributed by atoms with Gasteiger partial charge in [0.25, 0.3) is 0 Å². The molecule has 0 bridgehead atoms. The van der Waals surface area contributed by atoms with Crippen LogP contribution >= 0.6 is 11.3 Å². The van der Waals surface area contributed by atoms with Gasteiger partial charge in [-0.1, -0.05) is 18.2 Å². The number of rotatable bonds is 5. The molecule has 3 nitrogen and oxygen atoms in total. The molecule has 0 unspecified atom stereocenters. The molecule has 1 N–H and O–H groups in total. The van der Waals surface area contributed by atoms with Crippen molar-refractivity contribution in [2.24, 2.45) is 5.92 Å². The first-order valence-electron chi connectivity index (χ1n) is 7.86. The van der Waals surface area contributed by atoms with Crippen LogP contribution in [0.2, 0.25) is 0 Å². The Labute approximate surface area is 130 Å². The highest BCUT2D eigenvalue weighted by Gasteiger charge is 2.22. The fraction of sp³-hybridized carbons (Fsp3) is 0.471. The number of para-hydroxylation sites is 1. The Morgan fingerprint density at radius 2 is 2.10 bits per heavy atom. The van der Waals surface area contributed by atoms with Crippen molar-refractivity contribution in [3.8, 4) is 0 Å². The van der Waals surface area contributed by atoms with E-state index in [-0.39, 0.29) is 0 Å². The van der Waals surface area contributed by atoms with E-state index in [2.05, 4.69) is 40.5 Å². The quantitative estimate of drug-likeness (QED) is 0.919. The molecular formula is C17H21N3S. The summed E-state index contributed by atoms with van der Waals surface area (Å²) in [5.74, 6) is 0.938. The monoisotopic (exact) mass is 299 g/mol. The van der Waals surface area contributed by atoms with Gasteiger partial charge in [-0.3, -0.25) is 0 Å². The molecule has 1 aromatic heterocycles. The average molecular weight is 299 g/mol. The van der Waals surface area contributed by atoms with Gasteiger partial charge in [0, 0.05) is 30.1 Å². The molecule has 4 heteroatoms. The van der Waals surface area contributed by atoms with E-state index in [9.17, 15) is 0 Å². The maximum Gasteiger partial charge on any atom is 0.107 e. The zero-order valence-electron chi connectivity index (χ0n) is 12.2. The predicted octanol–water partition coefficient (Wildman–Crippen LogP) is 3.21. The molecule has 2 aromatic rings. The number of hydrogen-bond donors (Lipinski definition) is 1. The fourth-order valence-electron chi connectivity index (χ4n) is 2.89. The number of hydrogen-bond acceptors (Lipinski definition) is 4. The largest absolute Gasteiger partial charge is 0.366 e. The van der Waals surface area contributed by atoms with Crippen molar-refractivity contribution < 1.29 is 0 Å². The Kier molecular flexibility index (Phi) is 3.65. The van der Waals surface area contributed by atoms with Gasteiger partial charge in [-0.25, -0.2) is 4.98 Å². The summed E-state index contributed by atoms with van der Waals surface area (Å²) in [4.78, 5) is 8.74. The molecule has 1 fully saturated rings. The van der Waals surface area contributed by atoms with Gasteiger partial charge in [-0.15, -0.1) is 11.3 Å². The lowest BCUT2D eigenvalue weighted by atomic mass is 10.1. The minimum absolute atomic E-state index is 0.938. The Balaban J connectivity index is 1.41. The Morgan fingerprint density at radius 1 is 1.24 bits per heavy atom. The first-order chi connectivity index (χ1) is 10.4. The summed E-state index contributed by atoms with van der Waals surface area (Å²) in [6.45, 7) is 4.20. The van der Waals surface area contributed by atoms with E-state index >= 15 is 0 Å². The van der Waals surface area contributed by atoms with Crippen molar-refractivity contribution in [1.82, 2.24) is 10.3 Å². The third-order valence-corrected chi connectivity index (χ3v) is 5.39. The molecule has 1 aliphatic heterocycles. The maximum atomic E-state index is 4.83. The fourth-order valence-corrected chi connectivity index (χ4v) is 3.99. The lowest BCUT2D eigenvalue weighted by molar-refractivity contribution is 0.634. The van der Waals surface area contributed by atoms with Crippen LogP contribution in [-0.4, -0.2) is 18.1 Å². The highest BCUT2D eigenvalue weighted by Crippen LogP contribution is 2.29. The molecule has 21 heavy (non-hydrogen) atoms. The molecule has 1 aromatic carbocycles. The third-order valence-electron chi connectivity index (χ3n) is 4.30. The molecule has 0 amide bonds. The van der Waals surface area contributed by atoms with E-state index in [1.165, 1.54) is 40.7 Å². The molecule has 110 valence electrons. The van der Waals surface area contributed by atoms with Gasteiger partial charge < -0.3 is 10.2 Å². The smallest absolute Gasteiger partial charge is 0.107 e. The summed E-state index contributed by atoms with van der Waals surface area (Å²) >= 11 is 1.89. The predicted molar refractivity (Wildman–Crippen MR) is 87.7 cm³/mol. The number of nitrogens with one attached hydrogen (secondary N) is 1. The summed E-state index contributed by atoms with van der Waals surface area (Å²) in [7, 11) is 0. The Morgan fingerprint density at radius 3 is 2.90 bits per heavy atom. The lowest BCUT2D eigenvalue weighted by Gasteiger charge is -2.28. The van der Waals surface area contributed by atoms with Gasteiger partial charge in [0.05, 0.1) is 12.2 Å². The van der Waals surface area contributed by atoms with E-state index in [0.29, 0.717) is 0 Å². The molecule has 0 atom stereocenters. The van der Waals surface area contributed by atoms with Crippen LogP contribution in [0, 0.1) is 5.92 Å². The standard InChI is InChI=1S/C17H21N3S/c1-2-4-14(5-3-1)20-9-8-15-16(12-20)21-17(19-15)11-18-10-13-6-7-13/h1-5,13,18H,6-12H2. The second-order valence-corrected chi connectivity index (χ2v) is 7.23. The van der Waals surface area contributed by atoms with Crippen LogP contribution in [0.4, 0.5) is 5.69 Å². The Hall–Kier alpha value is -1.39. The van der Waals surface area contributed by atoms with Crippen LogP contribution in [0.5, 0.6) is 0 Å². The summed E-state index contributed by atoms with van der Waals surface area (Å²) in [6, 6.07) is 10.7. The van der Waals surface area contributed by atoms with E-state index in [1.807, 2.05) is 11.3 Å².